The Labute approximate surface area is 46.3 Å². The first-order chi connectivity index (χ1) is 3.97. The van der Waals surface area contributed by atoms with Crippen molar-refractivity contribution in [1.82, 2.24) is 4.57 Å². The lowest BCUT2D eigenvalue weighted by molar-refractivity contribution is 0.378. The van der Waals surface area contributed by atoms with E-state index in [1.54, 1.807) is 10.8 Å². The molecule has 0 aliphatic carbocycles. The summed E-state index contributed by atoms with van der Waals surface area (Å²) in [5, 5.41) is 0. The molecule has 0 bridgehead atoms. The number of hydrogen-bond donors (Lipinski definition) is 0. The average Bonchev–Trinajstić information content (AvgIpc) is 2.15. The minimum absolute atomic E-state index is 1.10. The Bertz CT molecular complexity index is 230. The molecule has 0 saturated carbocycles. The van der Waals surface area contributed by atoms with E-state index in [0.717, 1.165) is 5.52 Å². The van der Waals surface area contributed by atoms with Crippen molar-refractivity contribution < 1.29 is 4.52 Å². The highest BCUT2D eigenvalue weighted by molar-refractivity contribution is 5.44. The van der Waals surface area contributed by atoms with Crippen LogP contribution in [0.4, 0.5) is 0 Å². The lowest BCUT2D eigenvalue weighted by Crippen LogP contribution is -1.65. The van der Waals surface area contributed by atoms with Gasteiger partial charge in [0.25, 0.3) is 0 Å². The fourth-order valence-electron chi connectivity index (χ4n) is 0.770. The second-order valence-electron chi connectivity index (χ2n) is 1.67. The molecule has 0 aliphatic rings. The summed E-state index contributed by atoms with van der Waals surface area (Å²) in [5.74, 6) is 0. The van der Waals surface area contributed by atoms with Gasteiger partial charge in [0, 0.05) is 12.3 Å². The van der Waals surface area contributed by atoms with Crippen molar-refractivity contribution in [1.29, 1.82) is 0 Å². The summed E-state index contributed by atoms with van der Waals surface area (Å²) in [6.07, 6.45) is 3.53. The van der Waals surface area contributed by atoms with Gasteiger partial charge in [-0.2, -0.15) is 4.57 Å². The van der Waals surface area contributed by atoms with Gasteiger partial charge in [0.1, 0.15) is 6.26 Å². The zero-order valence-corrected chi connectivity index (χ0v) is 4.24. The fraction of sp³-hybridized carbons (Fsp3) is 0. The van der Waals surface area contributed by atoms with Crippen LogP contribution in [0.1, 0.15) is 0 Å². The molecule has 2 aromatic heterocycles. The molecule has 0 aromatic carbocycles. The maximum absolute atomic E-state index is 4.97. The molecule has 40 valence electrons. The molecule has 8 heavy (non-hydrogen) atoms. The van der Waals surface area contributed by atoms with Gasteiger partial charge in [-0.25, -0.2) is 0 Å². The smallest absolute Gasteiger partial charge is 0.122 e. The summed E-state index contributed by atoms with van der Waals surface area (Å²) in [5.41, 5.74) is 1.10. The van der Waals surface area contributed by atoms with Gasteiger partial charge in [0.05, 0.1) is 5.52 Å². The predicted molar refractivity (Wildman–Crippen MR) is 29.7 cm³/mol. The molecule has 0 radical (unpaired) electrons. The Balaban J connectivity index is 3.06. The van der Waals surface area contributed by atoms with Gasteiger partial charge in [0.2, 0.25) is 0 Å². The fourth-order valence-corrected chi connectivity index (χ4v) is 0.770. The topological polar surface area (TPSA) is 17.6 Å². The standard InChI is InChI=1S/C6H5NO/c1-2-6-3-5-8-7(6)4-1/h1-5H. The van der Waals surface area contributed by atoms with Gasteiger partial charge >= 0.3 is 0 Å². The quantitative estimate of drug-likeness (QED) is 0.499. The van der Waals surface area contributed by atoms with Gasteiger partial charge in [-0.15, -0.1) is 0 Å². The second-order valence-corrected chi connectivity index (χ2v) is 1.67. The number of nitrogens with zero attached hydrogens (tertiary/aromatic N) is 1. The first-order valence-corrected chi connectivity index (χ1v) is 2.48. The molecule has 2 heteroatoms. The first kappa shape index (κ1) is 3.78. The molecule has 0 fully saturated rings. The molecule has 2 rings (SSSR count). The first-order valence-electron chi connectivity index (χ1n) is 2.48. The Kier molecular flexibility index (Phi) is 0.545. The Morgan fingerprint density at radius 1 is 1.38 bits per heavy atom. The molecule has 2 nitrogen and oxygen atoms in total. The predicted octanol–water partition coefficient (Wildman–Crippen LogP) is 1.53. The summed E-state index contributed by atoms with van der Waals surface area (Å²) < 4.78 is 6.68. The van der Waals surface area contributed by atoms with Crippen LogP contribution in [0.5, 0.6) is 0 Å². The maximum atomic E-state index is 4.97. The lowest BCUT2D eigenvalue weighted by atomic mass is 10.5. The SMILES string of the molecule is c1cc2ccon2c1. The highest BCUT2D eigenvalue weighted by Gasteiger charge is 1.88. The van der Waals surface area contributed by atoms with E-state index in [1.165, 1.54) is 0 Å². The van der Waals surface area contributed by atoms with Crippen molar-refractivity contribution in [3.05, 3.63) is 30.7 Å². The van der Waals surface area contributed by atoms with E-state index in [9.17, 15) is 0 Å². The number of rotatable bonds is 0. The number of fused-ring (bicyclic) bond motifs is 1. The molecule has 0 spiro atoms. The Hall–Kier alpha value is -1.18. The molecular weight excluding hydrogens is 102 g/mol. The summed E-state index contributed by atoms with van der Waals surface area (Å²) in [4.78, 5) is 0. The minimum atomic E-state index is 1.10. The van der Waals surface area contributed by atoms with Gasteiger partial charge in [-0.1, -0.05) is 0 Å². The summed E-state index contributed by atoms with van der Waals surface area (Å²) in [7, 11) is 0. The van der Waals surface area contributed by atoms with Crippen LogP contribution in [-0.4, -0.2) is 4.57 Å². The summed E-state index contributed by atoms with van der Waals surface area (Å²) in [6.45, 7) is 0. The van der Waals surface area contributed by atoms with E-state index in [2.05, 4.69) is 0 Å². The highest BCUT2D eigenvalue weighted by atomic mass is 16.5. The van der Waals surface area contributed by atoms with Gasteiger partial charge in [-0.3, -0.25) is 0 Å². The van der Waals surface area contributed by atoms with Gasteiger partial charge in [0.15, 0.2) is 0 Å². The number of aromatic nitrogens is 1. The van der Waals surface area contributed by atoms with E-state index < -0.39 is 0 Å². The van der Waals surface area contributed by atoms with Crippen molar-refractivity contribution in [3.8, 4) is 0 Å². The van der Waals surface area contributed by atoms with E-state index in [4.69, 9.17) is 4.52 Å². The monoisotopic (exact) mass is 107 g/mol. The van der Waals surface area contributed by atoms with Crippen LogP contribution in [0.2, 0.25) is 0 Å². The molecular formula is C6H5NO. The Morgan fingerprint density at radius 3 is 3.25 bits per heavy atom. The zero-order chi connectivity index (χ0) is 5.40. The van der Waals surface area contributed by atoms with E-state index in [0.29, 0.717) is 0 Å². The van der Waals surface area contributed by atoms with Crippen LogP contribution in [0.25, 0.3) is 5.52 Å². The van der Waals surface area contributed by atoms with Crippen molar-refractivity contribution in [2.24, 2.45) is 0 Å². The normalized spacial score (nSPS) is 10.5. The molecule has 0 atom stereocenters. The van der Waals surface area contributed by atoms with Crippen molar-refractivity contribution in [3.63, 3.8) is 0 Å². The van der Waals surface area contributed by atoms with Crippen molar-refractivity contribution in [2.75, 3.05) is 0 Å². The molecule has 0 unspecified atom stereocenters. The Morgan fingerprint density at radius 2 is 2.38 bits per heavy atom. The largest absolute Gasteiger partial charge is 0.383 e. The average molecular weight is 107 g/mol. The minimum Gasteiger partial charge on any atom is -0.383 e. The third-order valence-corrected chi connectivity index (χ3v) is 1.16. The molecule has 2 heterocycles. The molecule has 2 aromatic rings. The van der Waals surface area contributed by atoms with Crippen LogP contribution in [0.15, 0.2) is 35.2 Å². The molecule has 0 aliphatic heterocycles. The van der Waals surface area contributed by atoms with Crippen LogP contribution in [0, 0.1) is 0 Å². The van der Waals surface area contributed by atoms with Gasteiger partial charge < -0.3 is 4.52 Å². The van der Waals surface area contributed by atoms with Crippen LogP contribution in [-0.2, 0) is 0 Å². The van der Waals surface area contributed by atoms with Crippen LogP contribution >= 0.6 is 0 Å². The van der Waals surface area contributed by atoms with Crippen LogP contribution in [0.3, 0.4) is 0 Å². The highest BCUT2D eigenvalue weighted by Crippen LogP contribution is 2.02. The third-order valence-electron chi connectivity index (χ3n) is 1.16. The third kappa shape index (κ3) is 0.320. The molecule has 0 amide bonds. The lowest BCUT2D eigenvalue weighted by Gasteiger charge is -1.74. The molecule has 0 N–H and O–H groups in total. The van der Waals surface area contributed by atoms with Crippen LogP contribution < -0.4 is 0 Å². The van der Waals surface area contributed by atoms with Crippen molar-refractivity contribution >= 4 is 5.52 Å². The van der Waals surface area contributed by atoms with Gasteiger partial charge in [-0.05, 0) is 12.1 Å². The summed E-state index contributed by atoms with van der Waals surface area (Å²) in [6, 6.07) is 5.85. The molecule has 0 saturated heterocycles. The van der Waals surface area contributed by atoms with E-state index in [1.807, 2.05) is 24.4 Å². The zero-order valence-electron chi connectivity index (χ0n) is 4.24. The van der Waals surface area contributed by atoms with E-state index >= 15 is 0 Å². The maximum Gasteiger partial charge on any atom is 0.122 e. The van der Waals surface area contributed by atoms with Crippen molar-refractivity contribution in [2.45, 2.75) is 0 Å². The van der Waals surface area contributed by atoms with E-state index in [-0.39, 0.29) is 0 Å². The second kappa shape index (κ2) is 1.15. The number of hydrogen-bond acceptors (Lipinski definition) is 1. The summed E-state index contributed by atoms with van der Waals surface area (Å²) >= 11 is 0.